The van der Waals surface area contributed by atoms with Gasteiger partial charge in [0, 0.05) is 25.0 Å². The fourth-order valence-corrected chi connectivity index (χ4v) is 2.91. The number of alkyl halides is 1. The summed E-state index contributed by atoms with van der Waals surface area (Å²) in [5, 5.41) is 0. The molecular formula is C15H22ClN. The molecule has 0 amide bonds. The second-order valence-electron chi connectivity index (χ2n) is 5.08. The van der Waals surface area contributed by atoms with Gasteiger partial charge in [-0.05, 0) is 25.3 Å². The Hall–Kier alpha value is -0.530. The second-order valence-corrected chi connectivity index (χ2v) is 5.46. The largest absolute Gasteiger partial charge is 0.295 e. The Morgan fingerprint density at radius 1 is 1.18 bits per heavy atom. The van der Waals surface area contributed by atoms with Gasteiger partial charge in [-0.1, -0.05) is 42.7 Å². The molecule has 0 unspecified atom stereocenters. The molecule has 0 N–H and O–H groups in total. The molecule has 0 spiro atoms. The summed E-state index contributed by atoms with van der Waals surface area (Å²) in [6, 6.07) is 9.64. The highest BCUT2D eigenvalue weighted by Crippen LogP contribution is 2.24. The lowest BCUT2D eigenvalue weighted by atomic mass is 10.1. The maximum atomic E-state index is 5.92. The van der Waals surface area contributed by atoms with Gasteiger partial charge in [0.05, 0.1) is 0 Å². The average molecular weight is 252 g/mol. The van der Waals surface area contributed by atoms with E-state index in [1.165, 1.54) is 36.8 Å². The van der Waals surface area contributed by atoms with E-state index in [1.807, 2.05) is 0 Å². The molecule has 1 aromatic rings. The first-order valence-electron chi connectivity index (χ1n) is 6.65. The van der Waals surface area contributed by atoms with Crippen molar-refractivity contribution in [1.82, 2.24) is 4.90 Å². The Bertz CT molecular complexity index is 327. The maximum Gasteiger partial charge on any atom is 0.0351 e. The number of benzene rings is 1. The zero-order valence-corrected chi connectivity index (χ0v) is 11.4. The fourth-order valence-electron chi connectivity index (χ4n) is 2.70. The van der Waals surface area contributed by atoms with Gasteiger partial charge < -0.3 is 0 Å². The van der Waals surface area contributed by atoms with Gasteiger partial charge in [-0.25, -0.2) is 0 Å². The number of hydrogen-bond acceptors (Lipinski definition) is 1. The van der Waals surface area contributed by atoms with Crippen molar-refractivity contribution in [2.24, 2.45) is 0 Å². The van der Waals surface area contributed by atoms with Crippen LogP contribution in [0.4, 0.5) is 0 Å². The Balaban J connectivity index is 1.98. The zero-order valence-electron chi connectivity index (χ0n) is 10.7. The molecule has 0 bridgehead atoms. The molecular weight excluding hydrogens is 230 g/mol. The van der Waals surface area contributed by atoms with Gasteiger partial charge >= 0.3 is 0 Å². The number of aryl methyl sites for hydroxylation is 1. The van der Waals surface area contributed by atoms with Crippen molar-refractivity contribution in [1.29, 1.82) is 0 Å². The number of rotatable bonds is 5. The molecule has 1 aliphatic rings. The highest BCUT2D eigenvalue weighted by Gasteiger charge is 2.21. The van der Waals surface area contributed by atoms with Crippen molar-refractivity contribution in [3.63, 3.8) is 0 Å². The first-order valence-corrected chi connectivity index (χ1v) is 7.18. The van der Waals surface area contributed by atoms with Crippen molar-refractivity contribution in [2.45, 2.75) is 45.2 Å². The van der Waals surface area contributed by atoms with Crippen molar-refractivity contribution in [3.05, 3.63) is 35.4 Å². The molecule has 0 saturated heterocycles. The standard InChI is InChI=1S/C15H22ClN/c1-13-6-8-14(9-7-13)12-17(11-10-16)15-4-2-3-5-15/h6-9,15H,2-5,10-12H2,1H3. The summed E-state index contributed by atoms with van der Waals surface area (Å²) in [5.41, 5.74) is 2.74. The van der Waals surface area contributed by atoms with Gasteiger partial charge in [0.25, 0.3) is 0 Å². The Morgan fingerprint density at radius 2 is 1.82 bits per heavy atom. The Morgan fingerprint density at radius 3 is 2.41 bits per heavy atom. The zero-order chi connectivity index (χ0) is 12.1. The van der Waals surface area contributed by atoms with Crippen LogP contribution in [-0.4, -0.2) is 23.4 Å². The van der Waals surface area contributed by atoms with Gasteiger partial charge in [0.2, 0.25) is 0 Å². The summed E-state index contributed by atoms with van der Waals surface area (Å²) in [6.45, 7) is 4.20. The van der Waals surface area contributed by atoms with Crippen LogP contribution in [0, 0.1) is 6.92 Å². The third kappa shape index (κ3) is 3.72. The smallest absolute Gasteiger partial charge is 0.0351 e. The quantitative estimate of drug-likeness (QED) is 0.716. The molecule has 0 aliphatic heterocycles. The first-order chi connectivity index (χ1) is 8.29. The Kier molecular flexibility index (Phi) is 4.87. The van der Waals surface area contributed by atoms with Crippen LogP contribution in [0.15, 0.2) is 24.3 Å². The van der Waals surface area contributed by atoms with E-state index in [9.17, 15) is 0 Å². The van der Waals surface area contributed by atoms with Crippen molar-refractivity contribution in [3.8, 4) is 0 Å². The van der Waals surface area contributed by atoms with E-state index < -0.39 is 0 Å². The first kappa shape index (κ1) is 12.9. The third-order valence-corrected chi connectivity index (χ3v) is 3.89. The van der Waals surface area contributed by atoms with E-state index in [0.717, 1.165) is 25.0 Å². The van der Waals surface area contributed by atoms with Crippen molar-refractivity contribution < 1.29 is 0 Å². The van der Waals surface area contributed by atoms with Crippen LogP contribution in [0.25, 0.3) is 0 Å². The SMILES string of the molecule is Cc1ccc(CN(CCCl)C2CCCC2)cc1. The maximum absolute atomic E-state index is 5.92. The minimum atomic E-state index is 0.738. The molecule has 0 aromatic heterocycles. The van der Waals surface area contributed by atoms with E-state index in [0.29, 0.717) is 0 Å². The molecule has 17 heavy (non-hydrogen) atoms. The van der Waals surface area contributed by atoms with Crippen molar-refractivity contribution >= 4 is 11.6 Å². The van der Waals surface area contributed by atoms with Crippen molar-refractivity contribution in [2.75, 3.05) is 12.4 Å². The second kappa shape index (κ2) is 6.42. The van der Waals surface area contributed by atoms with Gasteiger partial charge in [-0.2, -0.15) is 0 Å². The van der Waals surface area contributed by atoms with E-state index in [4.69, 9.17) is 11.6 Å². The van der Waals surface area contributed by atoms with E-state index in [1.54, 1.807) is 0 Å². The third-order valence-electron chi connectivity index (χ3n) is 3.72. The number of halogens is 1. The molecule has 2 heteroatoms. The summed E-state index contributed by atoms with van der Waals surface area (Å²) in [6.07, 6.45) is 5.47. The lowest BCUT2D eigenvalue weighted by molar-refractivity contribution is 0.201. The molecule has 94 valence electrons. The average Bonchev–Trinajstić information content (AvgIpc) is 2.85. The number of hydrogen-bond donors (Lipinski definition) is 0. The predicted molar refractivity (Wildman–Crippen MR) is 74.6 cm³/mol. The van der Waals surface area contributed by atoms with Gasteiger partial charge in [-0.3, -0.25) is 4.90 Å². The summed E-state index contributed by atoms with van der Waals surface area (Å²) in [4.78, 5) is 2.56. The van der Waals surface area contributed by atoms with Crippen LogP contribution in [0.1, 0.15) is 36.8 Å². The molecule has 2 rings (SSSR count). The Labute approximate surface area is 110 Å². The van der Waals surface area contributed by atoms with Crippen LogP contribution < -0.4 is 0 Å². The monoisotopic (exact) mass is 251 g/mol. The lowest BCUT2D eigenvalue weighted by Crippen LogP contribution is -2.34. The normalized spacial score (nSPS) is 16.9. The molecule has 1 saturated carbocycles. The molecule has 0 heterocycles. The minimum Gasteiger partial charge on any atom is -0.295 e. The highest BCUT2D eigenvalue weighted by molar-refractivity contribution is 6.18. The molecule has 1 aliphatic carbocycles. The lowest BCUT2D eigenvalue weighted by Gasteiger charge is -2.28. The summed E-state index contributed by atoms with van der Waals surface area (Å²) >= 11 is 5.92. The van der Waals surface area contributed by atoms with Crippen LogP contribution in [-0.2, 0) is 6.54 Å². The summed E-state index contributed by atoms with van der Waals surface area (Å²) < 4.78 is 0. The molecule has 1 nitrogen and oxygen atoms in total. The van der Waals surface area contributed by atoms with Gasteiger partial charge in [-0.15, -0.1) is 11.6 Å². The van der Waals surface area contributed by atoms with Crippen LogP contribution in [0.2, 0.25) is 0 Å². The molecule has 0 radical (unpaired) electrons. The fraction of sp³-hybridized carbons (Fsp3) is 0.600. The van der Waals surface area contributed by atoms with Crippen LogP contribution >= 0.6 is 11.6 Å². The summed E-state index contributed by atoms with van der Waals surface area (Å²) in [5.74, 6) is 0.738. The van der Waals surface area contributed by atoms with Gasteiger partial charge in [0.15, 0.2) is 0 Å². The van der Waals surface area contributed by atoms with E-state index in [2.05, 4.69) is 36.1 Å². The predicted octanol–water partition coefficient (Wildman–Crippen LogP) is 3.98. The molecule has 0 atom stereocenters. The summed E-state index contributed by atoms with van der Waals surface area (Å²) in [7, 11) is 0. The topological polar surface area (TPSA) is 3.24 Å². The highest BCUT2D eigenvalue weighted by atomic mass is 35.5. The van der Waals surface area contributed by atoms with E-state index in [-0.39, 0.29) is 0 Å². The number of nitrogens with zero attached hydrogens (tertiary/aromatic N) is 1. The molecule has 1 aromatic carbocycles. The van der Waals surface area contributed by atoms with Gasteiger partial charge in [0.1, 0.15) is 0 Å². The van der Waals surface area contributed by atoms with Crippen LogP contribution in [0.3, 0.4) is 0 Å². The van der Waals surface area contributed by atoms with Crippen LogP contribution in [0.5, 0.6) is 0 Å². The molecule has 1 fully saturated rings. The minimum absolute atomic E-state index is 0.738. The van der Waals surface area contributed by atoms with E-state index >= 15 is 0 Å².